The van der Waals surface area contributed by atoms with E-state index in [9.17, 15) is 18.0 Å². The minimum atomic E-state index is -3.11. The molecule has 1 atom stereocenters. The molecule has 1 aromatic heterocycles. The van der Waals surface area contributed by atoms with Crippen LogP contribution in [0.5, 0.6) is 0 Å². The first-order chi connectivity index (χ1) is 13.4. The molecule has 3 amide bonds. The van der Waals surface area contributed by atoms with Gasteiger partial charge in [-0.05, 0) is 18.6 Å². The number of carbonyl (C=O) groups is 2. The maximum atomic E-state index is 12.1. The Bertz CT molecular complexity index is 1040. The van der Waals surface area contributed by atoms with E-state index in [-0.39, 0.29) is 17.3 Å². The number of imidazole rings is 1. The fourth-order valence-electron chi connectivity index (χ4n) is 2.96. The number of aryl methyl sites for hydroxylation is 1. The number of fused-ring (bicyclic) bond motifs is 1. The maximum absolute atomic E-state index is 12.1. The average Bonchev–Trinajstić information content (AvgIpc) is 3.17. The second-order valence-corrected chi connectivity index (χ2v) is 9.52. The van der Waals surface area contributed by atoms with E-state index in [2.05, 4.69) is 21.7 Å². The molecule has 0 saturated carbocycles. The zero-order valence-electron chi connectivity index (χ0n) is 14.9. The molecule has 1 aliphatic rings. The molecule has 3 rings (SSSR count). The zero-order chi connectivity index (χ0) is 20.1. The van der Waals surface area contributed by atoms with Crippen molar-refractivity contribution in [2.45, 2.75) is 30.6 Å². The van der Waals surface area contributed by atoms with Gasteiger partial charge < -0.3 is 9.88 Å². The van der Waals surface area contributed by atoms with Gasteiger partial charge in [0.05, 0.1) is 40.8 Å². The summed E-state index contributed by atoms with van der Waals surface area (Å²) in [4.78, 5) is 28.4. The minimum Gasteiger partial charge on any atom is -0.334 e. The van der Waals surface area contributed by atoms with Crippen molar-refractivity contribution in [1.82, 2.24) is 20.2 Å². The van der Waals surface area contributed by atoms with E-state index in [1.807, 2.05) is 28.8 Å². The Morgan fingerprint density at radius 2 is 2.14 bits per heavy atom. The molecule has 9 nitrogen and oxygen atoms in total. The summed E-state index contributed by atoms with van der Waals surface area (Å²) in [7, 11) is -3.11. The van der Waals surface area contributed by atoms with Crippen LogP contribution in [0.1, 0.15) is 12.8 Å². The number of hydrogen-bond acceptors (Lipinski definition) is 7. The van der Waals surface area contributed by atoms with Crippen molar-refractivity contribution in [3.63, 3.8) is 0 Å². The first kappa shape index (κ1) is 20.2. The number of imide groups is 1. The van der Waals surface area contributed by atoms with Crippen LogP contribution >= 0.6 is 11.8 Å². The molecule has 11 heteroatoms. The Balaban J connectivity index is 1.57. The van der Waals surface area contributed by atoms with Crippen molar-refractivity contribution in [3.05, 3.63) is 24.3 Å². The lowest BCUT2D eigenvalue weighted by atomic mass is 10.3. The van der Waals surface area contributed by atoms with Crippen LogP contribution < -0.4 is 10.6 Å². The summed E-state index contributed by atoms with van der Waals surface area (Å²) >= 11 is 1.17. The summed E-state index contributed by atoms with van der Waals surface area (Å²) in [5.41, 5.74) is 1.64. The molecule has 0 aliphatic carbocycles. The number of amides is 3. The number of carbonyl (C=O) groups excluding carboxylic acids is 2. The number of sulfone groups is 1. The van der Waals surface area contributed by atoms with Crippen LogP contribution in [-0.4, -0.2) is 53.2 Å². The van der Waals surface area contributed by atoms with Gasteiger partial charge in [-0.25, -0.2) is 18.2 Å². The van der Waals surface area contributed by atoms with Gasteiger partial charge in [0, 0.05) is 12.6 Å². The second kappa shape index (κ2) is 8.62. The highest BCUT2D eigenvalue weighted by Crippen LogP contribution is 2.24. The van der Waals surface area contributed by atoms with Gasteiger partial charge in [0.15, 0.2) is 15.0 Å². The Morgan fingerprint density at radius 3 is 2.86 bits per heavy atom. The van der Waals surface area contributed by atoms with Crippen molar-refractivity contribution < 1.29 is 18.0 Å². The monoisotopic (exact) mass is 421 g/mol. The number of benzene rings is 1. The maximum Gasteiger partial charge on any atom is 0.321 e. The third-order valence-electron chi connectivity index (χ3n) is 4.22. The van der Waals surface area contributed by atoms with Gasteiger partial charge in [-0.1, -0.05) is 23.9 Å². The molecular weight excluding hydrogens is 402 g/mol. The van der Waals surface area contributed by atoms with Gasteiger partial charge in [-0.3, -0.25) is 10.1 Å². The zero-order valence-corrected chi connectivity index (χ0v) is 16.6. The van der Waals surface area contributed by atoms with E-state index in [0.29, 0.717) is 24.5 Å². The van der Waals surface area contributed by atoms with Crippen LogP contribution in [0.4, 0.5) is 4.79 Å². The van der Waals surface area contributed by atoms with Crippen molar-refractivity contribution in [2.75, 3.05) is 17.3 Å². The number of rotatable bonds is 6. The van der Waals surface area contributed by atoms with Gasteiger partial charge in [0.25, 0.3) is 0 Å². The first-order valence-corrected chi connectivity index (χ1v) is 11.4. The molecule has 2 N–H and O–H groups in total. The van der Waals surface area contributed by atoms with Crippen LogP contribution in [-0.2, 0) is 21.2 Å². The fourth-order valence-corrected chi connectivity index (χ4v) is 5.48. The van der Waals surface area contributed by atoms with Gasteiger partial charge in [0.1, 0.15) is 0 Å². The number of hydrogen-bond donors (Lipinski definition) is 2. The van der Waals surface area contributed by atoms with Crippen LogP contribution in [0.2, 0.25) is 0 Å². The molecule has 148 valence electrons. The lowest BCUT2D eigenvalue weighted by Crippen LogP contribution is -2.45. The average molecular weight is 422 g/mol. The van der Waals surface area contributed by atoms with Crippen LogP contribution in [0, 0.1) is 11.3 Å². The quantitative estimate of drug-likeness (QED) is 0.666. The van der Waals surface area contributed by atoms with Crippen LogP contribution in [0.3, 0.4) is 0 Å². The predicted molar refractivity (Wildman–Crippen MR) is 104 cm³/mol. The van der Waals surface area contributed by atoms with Crippen molar-refractivity contribution in [3.8, 4) is 6.07 Å². The minimum absolute atomic E-state index is 0.0355. The van der Waals surface area contributed by atoms with E-state index >= 15 is 0 Å². The number of nitrogens with one attached hydrogen (secondary N) is 2. The fraction of sp³-hybridized carbons (Fsp3) is 0.412. The summed E-state index contributed by atoms with van der Waals surface area (Å²) in [6, 6.07) is 8.41. The molecule has 0 bridgehead atoms. The number of aromatic nitrogens is 2. The van der Waals surface area contributed by atoms with E-state index in [1.54, 1.807) is 0 Å². The lowest BCUT2D eigenvalue weighted by Gasteiger charge is -2.11. The molecule has 28 heavy (non-hydrogen) atoms. The topological polar surface area (TPSA) is 134 Å². The molecule has 2 heterocycles. The largest absolute Gasteiger partial charge is 0.334 e. The summed E-state index contributed by atoms with van der Waals surface area (Å²) in [6.07, 6.45) is 0.661. The van der Waals surface area contributed by atoms with Crippen molar-refractivity contribution in [2.24, 2.45) is 0 Å². The van der Waals surface area contributed by atoms with Crippen molar-refractivity contribution in [1.29, 1.82) is 5.26 Å². The van der Waals surface area contributed by atoms with E-state index in [1.165, 1.54) is 11.8 Å². The number of nitriles is 1. The lowest BCUT2D eigenvalue weighted by molar-refractivity contribution is -0.117. The Morgan fingerprint density at radius 1 is 1.36 bits per heavy atom. The second-order valence-electron chi connectivity index (χ2n) is 6.35. The summed E-state index contributed by atoms with van der Waals surface area (Å²) in [5, 5.41) is 14.2. The third kappa shape index (κ3) is 5.02. The first-order valence-electron chi connectivity index (χ1n) is 8.64. The molecule has 2 aromatic rings. The highest BCUT2D eigenvalue weighted by molar-refractivity contribution is 7.99. The van der Waals surface area contributed by atoms with Gasteiger partial charge in [0.2, 0.25) is 5.91 Å². The molecule has 0 radical (unpaired) electrons. The molecule has 1 fully saturated rings. The molecule has 1 saturated heterocycles. The van der Waals surface area contributed by atoms with Crippen molar-refractivity contribution >= 4 is 44.6 Å². The van der Waals surface area contributed by atoms with E-state index in [4.69, 9.17) is 5.26 Å². The van der Waals surface area contributed by atoms with Gasteiger partial charge in [-0.2, -0.15) is 5.26 Å². The Kier molecular flexibility index (Phi) is 6.21. The molecule has 0 spiro atoms. The smallest absolute Gasteiger partial charge is 0.321 e. The number of para-hydroxylation sites is 2. The highest BCUT2D eigenvalue weighted by Gasteiger charge is 2.29. The normalized spacial score (nSPS) is 17.9. The summed E-state index contributed by atoms with van der Waals surface area (Å²) in [6.45, 7) is 0.456. The summed E-state index contributed by atoms with van der Waals surface area (Å²) < 4.78 is 24.7. The van der Waals surface area contributed by atoms with E-state index < -0.39 is 27.8 Å². The third-order valence-corrected chi connectivity index (χ3v) is 6.96. The molecule has 1 unspecified atom stereocenters. The Hall–Kier alpha value is -2.58. The summed E-state index contributed by atoms with van der Waals surface area (Å²) in [5.74, 6) is -0.610. The number of thioether (sulfide) groups is 1. The standard InChI is InChI=1S/C17H19N5O4S2/c18-7-3-8-22-14-5-2-1-4-13(14)20-17(22)27-10-15(23)21-16(24)19-12-6-9-28(25,26)11-12/h1-2,4-5,12H,3,6,8-11H2,(H2,19,21,23,24). The Labute approximate surface area is 166 Å². The molecule has 1 aliphatic heterocycles. The number of nitrogens with zero attached hydrogens (tertiary/aromatic N) is 3. The van der Waals surface area contributed by atoms with E-state index in [0.717, 1.165) is 11.0 Å². The molecule has 1 aromatic carbocycles. The SMILES string of the molecule is N#CCCn1c(SCC(=O)NC(=O)NC2CCS(=O)(=O)C2)nc2ccccc21. The predicted octanol–water partition coefficient (Wildman–Crippen LogP) is 1.05. The van der Waals surface area contributed by atoms with Gasteiger partial charge in [-0.15, -0.1) is 0 Å². The van der Waals surface area contributed by atoms with Crippen LogP contribution in [0.15, 0.2) is 29.4 Å². The highest BCUT2D eigenvalue weighted by atomic mass is 32.2. The number of urea groups is 1. The van der Waals surface area contributed by atoms with Crippen LogP contribution in [0.25, 0.3) is 11.0 Å². The van der Waals surface area contributed by atoms with Gasteiger partial charge >= 0.3 is 6.03 Å². The molecular formula is C17H19N5O4S2.